The maximum absolute atomic E-state index is 11.1. The lowest BCUT2D eigenvalue weighted by Crippen LogP contribution is -2.34. The van der Waals surface area contributed by atoms with Crippen molar-refractivity contribution in [1.82, 2.24) is 14.9 Å². The van der Waals surface area contributed by atoms with Gasteiger partial charge in [0.25, 0.3) is 0 Å². The Kier molecular flexibility index (Phi) is 5.69. The van der Waals surface area contributed by atoms with Gasteiger partial charge in [-0.3, -0.25) is 0 Å². The largest absolute Gasteiger partial charge is 0.476 e. The Labute approximate surface area is 113 Å². The molecule has 19 heavy (non-hydrogen) atoms. The number of aromatic nitrogens is 2. The molecule has 0 saturated carbocycles. The molecule has 0 saturated heterocycles. The zero-order chi connectivity index (χ0) is 14.4. The molecule has 0 fully saturated rings. The Morgan fingerprint density at radius 2 is 2.00 bits per heavy atom. The van der Waals surface area contributed by atoms with Crippen LogP contribution in [0.3, 0.4) is 0 Å². The predicted molar refractivity (Wildman–Crippen MR) is 74.4 cm³/mol. The lowest BCUT2D eigenvalue weighted by molar-refractivity contribution is 0.0691. The fourth-order valence-electron chi connectivity index (χ4n) is 1.98. The minimum atomic E-state index is -1.07. The van der Waals surface area contributed by atoms with Crippen molar-refractivity contribution in [1.29, 1.82) is 0 Å². The Morgan fingerprint density at radius 3 is 2.53 bits per heavy atom. The van der Waals surface area contributed by atoms with Crippen molar-refractivity contribution in [2.75, 3.05) is 26.0 Å². The molecule has 106 valence electrons. The Bertz CT molecular complexity index is 411. The summed E-state index contributed by atoms with van der Waals surface area (Å²) in [7, 11) is 3.98. The van der Waals surface area contributed by atoms with Gasteiger partial charge in [-0.25, -0.2) is 14.8 Å². The summed E-state index contributed by atoms with van der Waals surface area (Å²) in [6, 6.07) is 0.143. The topological polar surface area (TPSA) is 78.3 Å². The average Bonchev–Trinajstić information content (AvgIpc) is 2.27. The summed E-state index contributed by atoms with van der Waals surface area (Å²) in [5, 5.41) is 12.3. The summed E-state index contributed by atoms with van der Waals surface area (Å²) in [5.74, 6) is -0.214. The number of carboxylic acids is 1. The third kappa shape index (κ3) is 5.21. The molecular weight excluding hydrogens is 244 g/mol. The van der Waals surface area contributed by atoms with Crippen LogP contribution in [0, 0.1) is 5.92 Å². The maximum Gasteiger partial charge on any atom is 0.358 e. The number of anilines is 1. The van der Waals surface area contributed by atoms with Gasteiger partial charge in [-0.2, -0.15) is 0 Å². The van der Waals surface area contributed by atoms with E-state index in [0.29, 0.717) is 11.7 Å². The first kappa shape index (κ1) is 15.4. The van der Waals surface area contributed by atoms with Crippen molar-refractivity contribution in [2.45, 2.75) is 26.3 Å². The van der Waals surface area contributed by atoms with Crippen molar-refractivity contribution >= 4 is 11.8 Å². The molecule has 0 spiro atoms. The second kappa shape index (κ2) is 7.04. The van der Waals surface area contributed by atoms with E-state index in [1.165, 1.54) is 12.4 Å². The molecule has 0 bridgehead atoms. The van der Waals surface area contributed by atoms with Crippen molar-refractivity contribution in [2.24, 2.45) is 5.92 Å². The normalized spacial score (nSPS) is 12.7. The zero-order valence-electron chi connectivity index (χ0n) is 11.9. The molecule has 1 aromatic rings. The van der Waals surface area contributed by atoms with Crippen LogP contribution in [-0.2, 0) is 0 Å². The van der Waals surface area contributed by atoms with E-state index in [9.17, 15) is 4.79 Å². The van der Waals surface area contributed by atoms with Crippen molar-refractivity contribution in [3.63, 3.8) is 0 Å². The number of nitrogens with one attached hydrogen (secondary N) is 1. The number of likely N-dealkylation sites (N-methyl/N-ethyl adjacent to an activating group) is 1. The number of nitrogens with zero attached hydrogens (tertiary/aromatic N) is 3. The number of hydrogen-bond acceptors (Lipinski definition) is 5. The van der Waals surface area contributed by atoms with Crippen LogP contribution in [0.4, 0.5) is 5.82 Å². The van der Waals surface area contributed by atoms with Gasteiger partial charge in [0.15, 0.2) is 11.5 Å². The van der Waals surface area contributed by atoms with E-state index in [0.717, 1.165) is 13.0 Å². The molecular formula is C13H22N4O2. The van der Waals surface area contributed by atoms with E-state index in [4.69, 9.17) is 5.11 Å². The number of rotatable bonds is 7. The molecule has 0 radical (unpaired) electrons. The summed E-state index contributed by atoms with van der Waals surface area (Å²) in [6.45, 7) is 5.09. The van der Waals surface area contributed by atoms with Gasteiger partial charge >= 0.3 is 5.97 Å². The molecule has 1 unspecified atom stereocenters. The third-order valence-electron chi connectivity index (χ3n) is 2.58. The van der Waals surface area contributed by atoms with Gasteiger partial charge in [-0.15, -0.1) is 0 Å². The summed E-state index contributed by atoms with van der Waals surface area (Å²) >= 11 is 0. The van der Waals surface area contributed by atoms with E-state index in [1.807, 2.05) is 14.1 Å². The van der Waals surface area contributed by atoms with Crippen LogP contribution in [0.2, 0.25) is 0 Å². The van der Waals surface area contributed by atoms with Gasteiger partial charge in [0.05, 0.1) is 0 Å². The molecule has 6 heteroatoms. The van der Waals surface area contributed by atoms with E-state index in [2.05, 4.69) is 34.0 Å². The van der Waals surface area contributed by atoms with Gasteiger partial charge in [0.1, 0.15) is 0 Å². The average molecular weight is 266 g/mol. The molecule has 0 aliphatic rings. The van der Waals surface area contributed by atoms with Crippen LogP contribution >= 0.6 is 0 Å². The Morgan fingerprint density at radius 1 is 1.37 bits per heavy atom. The van der Waals surface area contributed by atoms with E-state index < -0.39 is 5.97 Å². The second-order valence-corrected chi connectivity index (χ2v) is 5.29. The van der Waals surface area contributed by atoms with Crippen molar-refractivity contribution < 1.29 is 9.90 Å². The molecule has 0 aliphatic heterocycles. The van der Waals surface area contributed by atoms with Gasteiger partial charge < -0.3 is 15.3 Å². The van der Waals surface area contributed by atoms with Crippen molar-refractivity contribution in [3.05, 3.63) is 18.1 Å². The highest BCUT2D eigenvalue weighted by atomic mass is 16.4. The van der Waals surface area contributed by atoms with E-state index in [-0.39, 0.29) is 11.7 Å². The smallest absolute Gasteiger partial charge is 0.358 e. The number of hydrogen-bond donors (Lipinski definition) is 2. The molecule has 0 aliphatic carbocycles. The van der Waals surface area contributed by atoms with Gasteiger partial charge in [-0.1, -0.05) is 13.8 Å². The molecule has 1 aromatic heterocycles. The Hall–Kier alpha value is -1.69. The van der Waals surface area contributed by atoms with Gasteiger partial charge in [0.2, 0.25) is 0 Å². The summed E-state index contributed by atoms with van der Waals surface area (Å²) in [5.41, 5.74) is -0.0324. The minimum absolute atomic E-state index is 0.0324. The summed E-state index contributed by atoms with van der Waals surface area (Å²) < 4.78 is 0. The van der Waals surface area contributed by atoms with Crippen LogP contribution in [0.5, 0.6) is 0 Å². The van der Waals surface area contributed by atoms with Crippen LogP contribution in [0.1, 0.15) is 30.8 Å². The van der Waals surface area contributed by atoms with E-state index >= 15 is 0 Å². The fourth-order valence-corrected chi connectivity index (χ4v) is 1.98. The highest BCUT2D eigenvalue weighted by Crippen LogP contribution is 2.14. The molecule has 0 aromatic carbocycles. The van der Waals surface area contributed by atoms with E-state index in [1.54, 1.807) is 0 Å². The van der Waals surface area contributed by atoms with Crippen LogP contribution in [-0.4, -0.2) is 52.6 Å². The van der Waals surface area contributed by atoms with Gasteiger partial charge in [0, 0.05) is 25.0 Å². The molecule has 0 amide bonds. The first-order valence-electron chi connectivity index (χ1n) is 6.35. The first-order valence-corrected chi connectivity index (χ1v) is 6.35. The van der Waals surface area contributed by atoms with Gasteiger partial charge in [-0.05, 0) is 26.4 Å². The molecule has 6 nitrogen and oxygen atoms in total. The number of carboxylic acid groups (broad SMARTS) is 1. The summed E-state index contributed by atoms with van der Waals surface area (Å²) in [6.07, 6.45) is 3.82. The monoisotopic (exact) mass is 266 g/mol. The quantitative estimate of drug-likeness (QED) is 0.780. The van der Waals surface area contributed by atoms with Crippen LogP contribution in [0.25, 0.3) is 0 Å². The molecule has 1 atom stereocenters. The SMILES string of the molecule is CC(C)CC(CN(C)C)Nc1nccnc1C(=O)O. The summed E-state index contributed by atoms with van der Waals surface area (Å²) in [4.78, 5) is 21.1. The first-order chi connectivity index (χ1) is 8.90. The van der Waals surface area contributed by atoms with Crippen LogP contribution < -0.4 is 5.32 Å². The Balaban J connectivity index is 2.86. The minimum Gasteiger partial charge on any atom is -0.476 e. The maximum atomic E-state index is 11.1. The highest BCUT2D eigenvalue weighted by Gasteiger charge is 2.18. The number of aromatic carboxylic acids is 1. The standard InChI is InChI=1S/C13H22N4O2/c1-9(2)7-10(8-17(3)4)16-12-11(13(18)19)14-5-6-15-12/h5-6,9-10H,7-8H2,1-4H3,(H,15,16)(H,18,19). The fraction of sp³-hybridized carbons (Fsp3) is 0.615. The molecule has 1 heterocycles. The lowest BCUT2D eigenvalue weighted by atomic mass is 10.0. The second-order valence-electron chi connectivity index (χ2n) is 5.29. The third-order valence-corrected chi connectivity index (χ3v) is 2.58. The highest BCUT2D eigenvalue weighted by molar-refractivity contribution is 5.90. The predicted octanol–water partition coefficient (Wildman–Crippen LogP) is 1.56. The molecule has 1 rings (SSSR count). The lowest BCUT2D eigenvalue weighted by Gasteiger charge is -2.24. The van der Waals surface area contributed by atoms with Crippen molar-refractivity contribution in [3.8, 4) is 0 Å². The van der Waals surface area contributed by atoms with Crippen LogP contribution in [0.15, 0.2) is 12.4 Å². The zero-order valence-corrected chi connectivity index (χ0v) is 11.9. The molecule has 2 N–H and O–H groups in total. The number of carbonyl (C=O) groups is 1.